The lowest BCUT2D eigenvalue weighted by Gasteiger charge is -2.46. The van der Waals surface area contributed by atoms with Crippen molar-refractivity contribution in [3.05, 3.63) is 35.9 Å². The number of β-amino-alcohol motifs (C(OH)–C–C–N with tert-alkyl or cyclic N) is 1. The number of benzene rings is 1. The lowest BCUT2D eigenvalue weighted by molar-refractivity contribution is -0.128. The highest BCUT2D eigenvalue weighted by atomic mass is 32.2. The van der Waals surface area contributed by atoms with Crippen LogP contribution in [0.25, 0.3) is 0 Å². The zero-order chi connectivity index (χ0) is 19.7. The van der Waals surface area contributed by atoms with E-state index in [2.05, 4.69) is 0 Å². The quantitative estimate of drug-likeness (QED) is 0.690. The maximum Gasteiger partial charge on any atom is 0.253 e. The van der Waals surface area contributed by atoms with Crippen molar-refractivity contribution in [2.75, 3.05) is 52.1 Å². The fraction of sp³-hybridized carbons (Fsp3) is 0.611. The first kappa shape index (κ1) is 20.2. The largest absolute Gasteiger partial charge is 0.390 e. The Bertz CT molecular complexity index is 764. The summed E-state index contributed by atoms with van der Waals surface area (Å²) in [6, 6.07) is 8.88. The second-order valence-corrected chi connectivity index (χ2v) is 9.42. The lowest BCUT2D eigenvalue weighted by Crippen LogP contribution is -2.64. The summed E-state index contributed by atoms with van der Waals surface area (Å²) in [6.07, 6.45) is 0.567. The highest BCUT2D eigenvalue weighted by Crippen LogP contribution is 2.25. The van der Waals surface area contributed by atoms with Crippen LogP contribution in [0.15, 0.2) is 30.3 Å². The number of aliphatic hydroxyl groups is 2. The lowest BCUT2D eigenvalue weighted by atomic mass is 9.88. The first-order valence-corrected chi connectivity index (χ1v) is 11.0. The predicted octanol–water partition coefficient (Wildman–Crippen LogP) is -0.798. The van der Waals surface area contributed by atoms with Gasteiger partial charge in [-0.05, 0) is 18.6 Å². The van der Waals surface area contributed by atoms with E-state index in [1.54, 1.807) is 29.2 Å². The Morgan fingerprint density at radius 3 is 2.37 bits per heavy atom. The van der Waals surface area contributed by atoms with Crippen molar-refractivity contribution in [2.45, 2.75) is 18.1 Å². The van der Waals surface area contributed by atoms with Crippen LogP contribution in [0.3, 0.4) is 0 Å². The van der Waals surface area contributed by atoms with Crippen LogP contribution in [0.2, 0.25) is 0 Å². The molecular formula is C18H27N3O5S. The van der Waals surface area contributed by atoms with Crippen LogP contribution in [-0.4, -0.2) is 102 Å². The van der Waals surface area contributed by atoms with Gasteiger partial charge in [0.05, 0.1) is 18.9 Å². The zero-order valence-electron chi connectivity index (χ0n) is 15.5. The van der Waals surface area contributed by atoms with Gasteiger partial charge >= 0.3 is 0 Å². The highest BCUT2D eigenvalue weighted by Gasteiger charge is 2.44. The standard InChI is InChI=1S/C18H27N3O5S/c1-27(25,26)21-11-9-19(10-12-21)13-18(24)14-20(8-7-16(18)22)17(23)15-5-3-2-4-6-15/h2-6,16,22,24H,7-14H2,1H3/t16-,18+/m1/s1. The molecule has 0 saturated carbocycles. The maximum atomic E-state index is 12.7. The van der Waals surface area contributed by atoms with Crippen LogP contribution in [0, 0.1) is 0 Å². The number of carbonyl (C=O) groups excluding carboxylic acids is 1. The zero-order valence-corrected chi connectivity index (χ0v) is 16.3. The maximum absolute atomic E-state index is 12.7. The average molecular weight is 397 g/mol. The van der Waals surface area contributed by atoms with Gasteiger partial charge < -0.3 is 15.1 Å². The van der Waals surface area contributed by atoms with Gasteiger partial charge in [0.1, 0.15) is 5.60 Å². The van der Waals surface area contributed by atoms with E-state index < -0.39 is 21.7 Å². The summed E-state index contributed by atoms with van der Waals surface area (Å²) in [4.78, 5) is 16.2. The summed E-state index contributed by atoms with van der Waals surface area (Å²) in [5, 5.41) is 21.5. The van der Waals surface area contributed by atoms with Gasteiger partial charge in [0.25, 0.3) is 5.91 Å². The molecule has 0 bridgehead atoms. The summed E-state index contributed by atoms with van der Waals surface area (Å²) in [6.45, 7) is 2.32. The number of nitrogens with zero attached hydrogens (tertiary/aromatic N) is 3. The molecule has 2 atom stereocenters. The molecule has 0 radical (unpaired) electrons. The van der Waals surface area contributed by atoms with E-state index in [1.165, 1.54) is 10.6 Å². The third-order valence-electron chi connectivity index (χ3n) is 5.36. The van der Waals surface area contributed by atoms with Crippen LogP contribution < -0.4 is 0 Å². The molecule has 0 unspecified atom stereocenters. The molecule has 0 aromatic heterocycles. The van der Waals surface area contributed by atoms with E-state index in [-0.39, 0.29) is 19.0 Å². The molecule has 2 heterocycles. The van der Waals surface area contributed by atoms with Crippen LogP contribution in [0.4, 0.5) is 0 Å². The summed E-state index contributed by atoms with van der Waals surface area (Å²) >= 11 is 0. The van der Waals surface area contributed by atoms with Crippen molar-refractivity contribution in [3.63, 3.8) is 0 Å². The first-order valence-electron chi connectivity index (χ1n) is 9.11. The number of amides is 1. The minimum atomic E-state index is -3.22. The summed E-state index contributed by atoms with van der Waals surface area (Å²) < 4.78 is 24.7. The Kier molecular flexibility index (Phi) is 5.87. The van der Waals surface area contributed by atoms with E-state index >= 15 is 0 Å². The molecule has 2 saturated heterocycles. The first-order chi connectivity index (χ1) is 12.7. The number of carbonyl (C=O) groups is 1. The molecule has 2 fully saturated rings. The molecular weight excluding hydrogens is 370 g/mol. The van der Waals surface area contributed by atoms with Gasteiger partial charge in [-0.1, -0.05) is 18.2 Å². The fourth-order valence-corrected chi connectivity index (χ4v) is 4.59. The van der Waals surface area contributed by atoms with Crippen molar-refractivity contribution in [1.29, 1.82) is 0 Å². The van der Waals surface area contributed by atoms with Crippen molar-refractivity contribution >= 4 is 15.9 Å². The van der Waals surface area contributed by atoms with Gasteiger partial charge in [-0.25, -0.2) is 8.42 Å². The molecule has 2 aliphatic rings. The number of piperazine rings is 1. The molecule has 2 aliphatic heterocycles. The summed E-state index contributed by atoms with van der Waals surface area (Å²) in [5.74, 6) is -0.164. The van der Waals surface area contributed by atoms with Gasteiger partial charge in [0.2, 0.25) is 10.0 Å². The van der Waals surface area contributed by atoms with Gasteiger partial charge in [-0.3, -0.25) is 9.69 Å². The van der Waals surface area contributed by atoms with Crippen LogP contribution in [0.1, 0.15) is 16.8 Å². The van der Waals surface area contributed by atoms with Gasteiger partial charge in [0, 0.05) is 44.8 Å². The third kappa shape index (κ3) is 4.67. The fourth-order valence-electron chi connectivity index (χ4n) is 3.76. The number of hydrogen-bond acceptors (Lipinski definition) is 6. The van der Waals surface area contributed by atoms with Gasteiger partial charge in [-0.15, -0.1) is 0 Å². The second kappa shape index (κ2) is 7.84. The smallest absolute Gasteiger partial charge is 0.253 e. The molecule has 0 aliphatic carbocycles. The molecule has 3 rings (SSSR count). The number of piperidine rings is 1. The molecule has 0 spiro atoms. The topological polar surface area (TPSA) is 101 Å². The Balaban J connectivity index is 1.64. The SMILES string of the molecule is CS(=O)(=O)N1CCN(C[C@]2(O)CN(C(=O)c3ccccc3)CC[C@H]2O)CC1. The highest BCUT2D eigenvalue weighted by molar-refractivity contribution is 7.88. The molecule has 2 N–H and O–H groups in total. The summed E-state index contributed by atoms with van der Waals surface area (Å²) in [7, 11) is -3.22. The Labute approximate surface area is 160 Å². The molecule has 1 amide bonds. The monoisotopic (exact) mass is 397 g/mol. The Morgan fingerprint density at radius 1 is 1.15 bits per heavy atom. The third-order valence-corrected chi connectivity index (χ3v) is 6.67. The average Bonchev–Trinajstić information content (AvgIpc) is 2.64. The predicted molar refractivity (Wildman–Crippen MR) is 101 cm³/mol. The number of sulfonamides is 1. The van der Waals surface area contributed by atoms with Gasteiger partial charge in [-0.2, -0.15) is 4.31 Å². The summed E-state index contributed by atoms with van der Waals surface area (Å²) in [5.41, 5.74) is -0.881. The number of rotatable bonds is 4. The normalized spacial score (nSPS) is 28.3. The molecule has 1 aromatic rings. The minimum absolute atomic E-state index is 0.0498. The minimum Gasteiger partial charge on any atom is -0.390 e. The van der Waals surface area contributed by atoms with Crippen molar-refractivity contribution in [2.24, 2.45) is 0 Å². The van der Waals surface area contributed by atoms with Gasteiger partial charge in [0.15, 0.2) is 0 Å². The van der Waals surface area contributed by atoms with E-state index in [0.717, 1.165) is 0 Å². The van der Waals surface area contributed by atoms with E-state index in [4.69, 9.17) is 0 Å². The van der Waals surface area contributed by atoms with Crippen molar-refractivity contribution in [3.8, 4) is 0 Å². The van der Waals surface area contributed by atoms with Crippen LogP contribution in [-0.2, 0) is 10.0 Å². The number of hydrogen-bond donors (Lipinski definition) is 2. The van der Waals surface area contributed by atoms with Crippen molar-refractivity contribution in [1.82, 2.24) is 14.1 Å². The van der Waals surface area contributed by atoms with E-state index in [9.17, 15) is 23.4 Å². The molecule has 27 heavy (non-hydrogen) atoms. The van der Waals surface area contributed by atoms with E-state index in [0.29, 0.717) is 44.7 Å². The van der Waals surface area contributed by atoms with Crippen LogP contribution >= 0.6 is 0 Å². The Hall–Kier alpha value is -1.52. The van der Waals surface area contributed by atoms with E-state index in [1.807, 2.05) is 11.0 Å². The molecule has 8 nitrogen and oxygen atoms in total. The number of likely N-dealkylation sites (tertiary alicyclic amines) is 1. The second-order valence-electron chi connectivity index (χ2n) is 7.44. The van der Waals surface area contributed by atoms with Crippen molar-refractivity contribution < 1.29 is 23.4 Å². The number of aliphatic hydroxyl groups excluding tert-OH is 1. The molecule has 9 heteroatoms. The Morgan fingerprint density at radius 2 is 1.78 bits per heavy atom. The molecule has 150 valence electrons. The van der Waals surface area contributed by atoms with Crippen LogP contribution in [0.5, 0.6) is 0 Å². The molecule has 1 aromatic carbocycles.